The number of hydrogen-bond donors (Lipinski definition) is 1. The second-order valence-corrected chi connectivity index (χ2v) is 9.31. The largest absolute Gasteiger partial charge is 0.433 e. The van der Waals surface area contributed by atoms with Crippen LogP contribution in [0.1, 0.15) is 34.5 Å². The molecule has 0 aliphatic carbocycles. The molecule has 1 saturated heterocycles. The number of halogens is 3. The van der Waals surface area contributed by atoms with E-state index in [-0.39, 0.29) is 17.5 Å². The van der Waals surface area contributed by atoms with E-state index in [2.05, 4.69) is 15.3 Å². The molecular weight excluding hydrogens is 487 g/mol. The monoisotopic (exact) mass is 507 g/mol. The average Bonchev–Trinajstić information content (AvgIpc) is 3.43. The van der Waals surface area contributed by atoms with Crippen LogP contribution in [0.25, 0.3) is 22.0 Å². The Morgan fingerprint density at radius 3 is 2.67 bits per heavy atom. The molecule has 1 amide bonds. The summed E-state index contributed by atoms with van der Waals surface area (Å²) in [4.78, 5) is 23.1. The van der Waals surface area contributed by atoms with Crippen LogP contribution < -0.4 is 5.32 Å². The van der Waals surface area contributed by atoms with Gasteiger partial charge in [0.2, 0.25) is 0 Å². The summed E-state index contributed by atoms with van der Waals surface area (Å²) < 4.78 is 40.2. The number of carbonyl (C=O) groups excluding carboxylic acids is 1. The SMILES string of the molecule is N#Cc1cccc(C(=O)N2CCC(Nc3ncc(-c4ccsc4)c4nc(C(F)(F)F)ccc34)CC2)c1. The molecule has 1 N–H and O–H groups in total. The lowest BCUT2D eigenvalue weighted by molar-refractivity contribution is -0.140. The molecule has 10 heteroatoms. The highest BCUT2D eigenvalue weighted by Gasteiger charge is 2.33. The molecule has 3 aromatic heterocycles. The smallest absolute Gasteiger partial charge is 0.367 e. The van der Waals surface area contributed by atoms with Gasteiger partial charge in [0, 0.05) is 41.8 Å². The molecule has 0 bridgehead atoms. The number of anilines is 1. The van der Waals surface area contributed by atoms with Crippen LogP contribution in [0.15, 0.2) is 59.4 Å². The Balaban J connectivity index is 1.36. The quantitative estimate of drug-likeness (QED) is 0.368. The van der Waals surface area contributed by atoms with Crippen molar-refractivity contribution in [3.63, 3.8) is 0 Å². The summed E-state index contributed by atoms with van der Waals surface area (Å²) in [5.74, 6) is 0.342. The van der Waals surface area contributed by atoms with E-state index in [1.807, 2.05) is 22.9 Å². The summed E-state index contributed by atoms with van der Waals surface area (Å²) in [5.41, 5.74) is 1.51. The maximum Gasteiger partial charge on any atom is 0.433 e. The summed E-state index contributed by atoms with van der Waals surface area (Å²) in [6, 6.07) is 12.9. The van der Waals surface area contributed by atoms with E-state index >= 15 is 0 Å². The number of nitrogens with one attached hydrogen (secondary N) is 1. The second-order valence-electron chi connectivity index (χ2n) is 8.53. The molecule has 182 valence electrons. The van der Waals surface area contributed by atoms with Crippen molar-refractivity contribution >= 4 is 34.0 Å². The topological polar surface area (TPSA) is 81.9 Å². The molecule has 5 rings (SSSR count). The number of benzene rings is 1. The van der Waals surface area contributed by atoms with Crippen LogP contribution in [-0.2, 0) is 6.18 Å². The van der Waals surface area contributed by atoms with E-state index in [1.165, 1.54) is 17.4 Å². The van der Waals surface area contributed by atoms with Crippen LogP contribution in [0.2, 0.25) is 0 Å². The van der Waals surface area contributed by atoms with Gasteiger partial charge in [-0.15, -0.1) is 0 Å². The van der Waals surface area contributed by atoms with E-state index in [0.717, 1.165) is 11.6 Å². The summed E-state index contributed by atoms with van der Waals surface area (Å²) in [6.45, 7) is 1.02. The van der Waals surface area contributed by atoms with Gasteiger partial charge < -0.3 is 10.2 Å². The third-order valence-corrected chi connectivity index (χ3v) is 6.90. The average molecular weight is 508 g/mol. The molecule has 4 aromatic rings. The van der Waals surface area contributed by atoms with E-state index < -0.39 is 11.9 Å². The van der Waals surface area contributed by atoms with Gasteiger partial charge in [-0.2, -0.15) is 29.8 Å². The van der Waals surface area contributed by atoms with Gasteiger partial charge in [-0.05, 0) is 65.6 Å². The van der Waals surface area contributed by atoms with Crippen molar-refractivity contribution in [1.82, 2.24) is 14.9 Å². The first kappa shape index (κ1) is 23.8. The van der Waals surface area contributed by atoms with E-state index in [0.29, 0.717) is 53.8 Å². The van der Waals surface area contributed by atoms with Crippen molar-refractivity contribution in [2.24, 2.45) is 0 Å². The van der Waals surface area contributed by atoms with Crippen molar-refractivity contribution in [1.29, 1.82) is 5.26 Å². The Morgan fingerprint density at radius 1 is 1.17 bits per heavy atom. The summed E-state index contributed by atoms with van der Waals surface area (Å²) >= 11 is 1.45. The lowest BCUT2D eigenvalue weighted by Crippen LogP contribution is -2.42. The third kappa shape index (κ3) is 4.75. The molecule has 0 spiro atoms. The van der Waals surface area contributed by atoms with Gasteiger partial charge >= 0.3 is 6.18 Å². The van der Waals surface area contributed by atoms with Gasteiger partial charge in [0.1, 0.15) is 11.5 Å². The molecule has 0 radical (unpaired) electrons. The Morgan fingerprint density at radius 2 is 1.97 bits per heavy atom. The first-order chi connectivity index (χ1) is 17.3. The highest BCUT2D eigenvalue weighted by Crippen LogP contribution is 2.36. The number of carbonyl (C=O) groups is 1. The number of rotatable bonds is 4. The molecule has 1 aliphatic heterocycles. The minimum atomic E-state index is -4.55. The molecule has 1 fully saturated rings. The Bertz CT molecular complexity index is 1450. The van der Waals surface area contributed by atoms with E-state index in [9.17, 15) is 18.0 Å². The van der Waals surface area contributed by atoms with Gasteiger partial charge in [0.15, 0.2) is 0 Å². The van der Waals surface area contributed by atoms with Crippen molar-refractivity contribution < 1.29 is 18.0 Å². The molecule has 0 unspecified atom stereocenters. The van der Waals surface area contributed by atoms with Gasteiger partial charge in [-0.1, -0.05) is 6.07 Å². The Hall–Kier alpha value is -3.97. The third-order valence-electron chi connectivity index (χ3n) is 6.21. The summed E-state index contributed by atoms with van der Waals surface area (Å²) in [5, 5.41) is 16.7. The number of hydrogen-bond acceptors (Lipinski definition) is 6. The number of pyridine rings is 2. The zero-order chi connectivity index (χ0) is 25.3. The predicted molar refractivity (Wildman–Crippen MR) is 132 cm³/mol. The minimum Gasteiger partial charge on any atom is -0.367 e. The number of nitriles is 1. The number of piperidine rings is 1. The number of aromatic nitrogens is 2. The van der Waals surface area contributed by atoms with Crippen LogP contribution in [0.3, 0.4) is 0 Å². The minimum absolute atomic E-state index is 0.00974. The maximum absolute atomic E-state index is 13.4. The van der Waals surface area contributed by atoms with Gasteiger partial charge in [-0.3, -0.25) is 4.79 Å². The molecular formula is C26H20F3N5OS. The first-order valence-corrected chi connectivity index (χ1v) is 12.2. The molecule has 0 atom stereocenters. The fourth-order valence-corrected chi connectivity index (χ4v) is 5.00. The van der Waals surface area contributed by atoms with Crippen LogP contribution in [0.4, 0.5) is 19.0 Å². The predicted octanol–water partition coefficient (Wildman–Crippen LogP) is 5.97. The zero-order valence-electron chi connectivity index (χ0n) is 18.9. The maximum atomic E-state index is 13.4. The lowest BCUT2D eigenvalue weighted by atomic mass is 10.0. The molecule has 6 nitrogen and oxygen atoms in total. The zero-order valence-corrected chi connectivity index (χ0v) is 19.7. The molecule has 36 heavy (non-hydrogen) atoms. The standard InChI is InChI=1S/C26H20F3N5OS/c27-26(28,29)22-5-4-20-23(33-22)21(18-8-11-36-15-18)14-31-24(20)32-19-6-9-34(10-7-19)25(35)17-3-1-2-16(12-17)13-30/h1-5,8,11-12,14-15,19H,6-7,9-10H2,(H,31,32). The number of likely N-dealkylation sites (tertiary alicyclic amines) is 1. The normalized spacial score (nSPS) is 14.6. The van der Waals surface area contributed by atoms with Gasteiger partial charge in [-0.25, -0.2) is 9.97 Å². The van der Waals surface area contributed by atoms with Crippen LogP contribution in [0.5, 0.6) is 0 Å². The first-order valence-electron chi connectivity index (χ1n) is 11.3. The van der Waals surface area contributed by atoms with Crippen LogP contribution in [0, 0.1) is 11.3 Å². The Labute approximate surface area is 209 Å². The highest BCUT2D eigenvalue weighted by molar-refractivity contribution is 7.08. The lowest BCUT2D eigenvalue weighted by Gasteiger charge is -2.33. The van der Waals surface area contributed by atoms with Crippen molar-refractivity contribution in [2.75, 3.05) is 18.4 Å². The fraction of sp³-hybridized carbons (Fsp3) is 0.231. The highest BCUT2D eigenvalue weighted by atomic mass is 32.1. The molecule has 4 heterocycles. The second kappa shape index (κ2) is 9.59. The number of fused-ring (bicyclic) bond motifs is 1. The molecule has 1 aliphatic rings. The van der Waals surface area contributed by atoms with Gasteiger partial charge in [0.05, 0.1) is 17.1 Å². The van der Waals surface area contributed by atoms with Crippen molar-refractivity contribution in [3.05, 3.63) is 76.2 Å². The summed E-state index contributed by atoms with van der Waals surface area (Å²) in [7, 11) is 0. The van der Waals surface area contributed by atoms with Crippen molar-refractivity contribution in [2.45, 2.75) is 25.1 Å². The number of amides is 1. The van der Waals surface area contributed by atoms with Crippen molar-refractivity contribution in [3.8, 4) is 17.2 Å². The van der Waals surface area contributed by atoms with Gasteiger partial charge in [0.25, 0.3) is 5.91 Å². The number of alkyl halides is 3. The van der Waals surface area contributed by atoms with Crippen LogP contribution in [-0.4, -0.2) is 39.9 Å². The van der Waals surface area contributed by atoms with E-state index in [4.69, 9.17) is 5.26 Å². The molecule has 0 saturated carbocycles. The molecule has 1 aromatic carbocycles. The number of thiophene rings is 1. The fourth-order valence-electron chi connectivity index (χ4n) is 4.34. The van der Waals surface area contributed by atoms with E-state index in [1.54, 1.807) is 35.4 Å². The number of nitrogens with zero attached hydrogens (tertiary/aromatic N) is 4. The summed E-state index contributed by atoms with van der Waals surface area (Å²) in [6.07, 6.45) is -1.70. The Kier molecular flexibility index (Phi) is 6.33. The van der Waals surface area contributed by atoms with Crippen LogP contribution >= 0.6 is 11.3 Å².